The number of aryl methyl sites for hydroxylation is 1. The standard InChI is InChI=1S/C13H15N3O2S/c1-9-7-10(18-15-9)8-12(17)16-5-2-3-11(16)13-14-4-6-19-13/h4,6-7,11H,2-3,5,8H2,1H3/t11-/m0/s1. The molecular weight excluding hydrogens is 262 g/mol. The van der Waals surface area contributed by atoms with E-state index < -0.39 is 0 Å². The molecule has 5 nitrogen and oxygen atoms in total. The Morgan fingerprint density at radius 3 is 3.21 bits per heavy atom. The molecule has 0 radical (unpaired) electrons. The monoisotopic (exact) mass is 277 g/mol. The average Bonchev–Trinajstić information content (AvgIpc) is 3.07. The molecule has 0 bridgehead atoms. The molecule has 0 saturated carbocycles. The minimum absolute atomic E-state index is 0.0915. The van der Waals surface area contributed by atoms with Crippen LogP contribution in [0, 0.1) is 6.92 Å². The largest absolute Gasteiger partial charge is 0.361 e. The minimum atomic E-state index is 0.0915. The maximum absolute atomic E-state index is 12.3. The van der Waals surface area contributed by atoms with Gasteiger partial charge in [0.1, 0.15) is 10.8 Å². The second-order valence-electron chi connectivity index (χ2n) is 4.73. The quantitative estimate of drug-likeness (QED) is 0.864. The fourth-order valence-electron chi connectivity index (χ4n) is 2.47. The van der Waals surface area contributed by atoms with E-state index in [9.17, 15) is 4.79 Å². The molecule has 0 spiro atoms. The van der Waals surface area contributed by atoms with Crippen LogP contribution >= 0.6 is 11.3 Å². The summed E-state index contributed by atoms with van der Waals surface area (Å²) in [5, 5.41) is 6.79. The molecular formula is C13H15N3O2S. The molecule has 0 aromatic carbocycles. The summed E-state index contributed by atoms with van der Waals surface area (Å²) in [6.07, 6.45) is 4.10. The zero-order valence-corrected chi connectivity index (χ0v) is 11.5. The number of rotatable bonds is 3. The summed E-state index contributed by atoms with van der Waals surface area (Å²) in [6, 6.07) is 1.95. The van der Waals surface area contributed by atoms with E-state index in [1.54, 1.807) is 17.5 Å². The molecule has 2 aromatic heterocycles. The maximum atomic E-state index is 12.3. The molecule has 6 heteroatoms. The third kappa shape index (κ3) is 2.53. The Balaban J connectivity index is 1.72. The van der Waals surface area contributed by atoms with E-state index >= 15 is 0 Å². The predicted octanol–water partition coefficient (Wildman–Crippen LogP) is 2.35. The number of carbonyl (C=O) groups excluding carboxylic acids is 1. The van der Waals surface area contributed by atoms with Gasteiger partial charge in [-0.2, -0.15) is 0 Å². The van der Waals surface area contributed by atoms with Crippen LogP contribution in [0.5, 0.6) is 0 Å². The highest BCUT2D eigenvalue weighted by atomic mass is 32.1. The topological polar surface area (TPSA) is 59.2 Å². The molecule has 0 unspecified atom stereocenters. The van der Waals surface area contributed by atoms with Crippen LogP contribution < -0.4 is 0 Å². The summed E-state index contributed by atoms with van der Waals surface area (Å²) in [5.74, 6) is 0.723. The highest BCUT2D eigenvalue weighted by Crippen LogP contribution is 2.33. The van der Waals surface area contributed by atoms with Crippen LogP contribution in [0.15, 0.2) is 22.2 Å². The zero-order valence-electron chi connectivity index (χ0n) is 10.7. The molecule has 1 saturated heterocycles. The SMILES string of the molecule is Cc1cc(CC(=O)N2CCC[C@H]2c2nccs2)on1. The normalized spacial score (nSPS) is 19.0. The van der Waals surface area contributed by atoms with Crippen molar-refractivity contribution in [2.75, 3.05) is 6.54 Å². The van der Waals surface area contributed by atoms with Crippen molar-refractivity contribution in [3.63, 3.8) is 0 Å². The van der Waals surface area contributed by atoms with Gasteiger partial charge < -0.3 is 9.42 Å². The molecule has 0 N–H and O–H groups in total. The lowest BCUT2D eigenvalue weighted by molar-refractivity contribution is -0.131. The molecule has 1 aliphatic rings. The van der Waals surface area contributed by atoms with Gasteiger partial charge in [0.25, 0.3) is 0 Å². The first-order chi connectivity index (χ1) is 9.24. The molecule has 1 aliphatic heterocycles. The molecule has 19 heavy (non-hydrogen) atoms. The smallest absolute Gasteiger partial charge is 0.230 e. The van der Waals surface area contributed by atoms with Crippen molar-refractivity contribution in [2.45, 2.75) is 32.2 Å². The molecule has 1 fully saturated rings. The van der Waals surface area contributed by atoms with Crippen LogP contribution in [-0.2, 0) is 11.2 Å². The van der Waals surface area contributed by atoms with E-state index in [4.69, 9.17) is 4.52 Å². The third-order valence-corrected chi connectivity index (χ3v) is 4.19. The van der Waals surface area contributed by atoms with Crippen LogP contribution in [0.3, 0.4) is 0 Å². The number of hydrogen-bond acceptors (Lipinski definition) is 5. The highest BCUT2D eigenvalue weighted by Gasteiger charge is 2.31. The Bertz CT molecular complexity index is 564. The predicted molar refractivity (Wildman–Crippen MR) is 70.7 cm³/mol. The van der Waals surface area contributed by atoms with Gasteiger partial charge in [0.2, 0.25) is 5.91 Å². The van der Waals surface area contributed by atoms with Crippen LogP contribution in [0.1, 0.15) is 35.3 Å². The number of thiazole rings is 1. The van der Waals surface area contributed by atoms with E-state index in [0.29, 0.717) is 5.76 Å². The van der Waals surface area contributed by atoms with Gasteiger partial charge in [-0.05, 0) is 19.8 Å². The average molecular weight is 277 g/mol. The van der Waals surface area contributed by atoms with Crippen molar-refractivity contribution >= 4 is 17.2 Å². The van der Waals surface area contributed by atoms with Crippen molar-refractivity contribution in [3.05, 3.63) is 34.1 Å². The molecule has 1 atom stereocenters. The van der Waals surface area contributed by atoms with Gasteiger partial charge in [-0.25, -0.2) is 4.98 Å². The summed E-state index contributed by atoms with van der Waals surface area (Å²) >= 11 is 1.61. The lowest BCUT2D eigenvalue weighted by atomic mass is 10.2. The molecule has 0 aliphatic carbocycles. The Morgan fingerprint density at radius 2 is 2.53 bits per heavy atom. The van der Waals surface area contributed by atoms with Crippen LogP contribution in [0.25, 0.3) is 0 Å². The maximum Gasteiger partial charge on any atom is 0.230 e. The molecule has 2 aromatic rings. The van der Waals surface area contributed by atoms with E-state index in [1.165, 1.54) is 0 Å². The van der Waals surface area contributed by atoms with E-state index in [0.717, 1.165) is 30.1 Å². The van der Waals surface area contributed by atoms with Gasteiger partial charge in [0, 0.05) is 24.2 Å². The van der Waals surface area contributed by atoms with Gasteiger partial charge in [-0.3, -0.25) is 4.79 Å². The highest BCUT2D eigenvalue weighted by molar-refractivity contribution is 7.09. The van der Waals surface area contributed by atoms with Gasteiger partial charge in [0.05, 0.1) is 18.2 Å². The second-order valence-corrected chi connectivity index (χ2v) is 5.65. The number of amides is 1. The molecule has 3 heterocycles. The minimum Gasteiger partial charge on any atom is -0.361 e. The van der Waals surface area contributed by atoms with Gasteiger partial charge in [-0.15, -0.1) is 11.3 Å². The van der Waals surface area contributed by atoms with Crippen LogP contribution in [0.4, 0.5) is 0 Å². The number of aromatic nitrogens is 2. The van der Waals surface area contributed by atoms with Gasteiger partial charge >= 0.3 is 0 Å². The van der Waals surface area contributed by atoms with E-state index in [-0.39, 0.29) is 18.4 Å². The van der Waals surface area contributed by atoms with Gasteiger partial charge in [-0.1, -0.05) is 5.16 Å². The van der Waals surface area contributed by atoms with Crippen LogP contribution in [-0.4, -0.2) is 27.5 Å². The molecule has 1 amide bonds. The van der Waals surface area contributed by atoms with Crippen molar-refractivity contribution in [3.8, 4) is 0 Å². The van der Waals surface area contributed by atoms with Crippen molar-refractivity contribution in [1.82, 2.24) is 15.0 Å². The Kier molecular flexibility index (Phi) is 3.33. The Morgan fingerprint density at radius 1 is 1.63 bits per heavy atom. The Hall–Kier alpha value is -1.69. The fourth-order valence-corrected chi connectivity index (χ4v) is 3.26. The number of likely N-dealkylation sites (tertiary alicyclic amines) is 1. The van der Waals surface area contributed by atoms with Crippen molar-refractivity contribution in [2.24, 2.45) is 0 Å². The third-order valence-electron chi connectivity index (χ3n) is 3.31. The van der Waals surface area contributed by atoms with E-state index in [1.807, 2.05) is 23.3 Å². The second kappa shape index (κ2) is 5.13. The summed E-state index contributed by atoms with van der Waals surface area (Å²) in [7, 11) is 0. The first-order valence-corrected chi connectivity index (χ1v) is 7.23. The van der Waals surface area contributed by atoms with Gasteiger partial charge in [0.15, 0.2) is 0 Å². The van der Waals surface area contributed by atoms with E-state index in [2.05, 4.69) is 10.1 Å². The first-order valence-electron chi connectivity index (χ1n) is 6.35. The summed E-state index contributed by atoms with van der Waals surface area (Å²) in [6.45, 7) is 2.65. The first kappa shape index (κ1) is 12.3. The number of nitrogens with zero attached hydrogens (tertiary/aromatic N) is 3. The molecule has 100 valence electrons. The fraction of sp³-hybridized carbons (Fsp3) is 0.462. The number of hydrogen-bond donors (Lipinski definition) is 0. The van der Waals surface area contributed by atoms with Crippen LogP contribution in [0.2, 0.25) is 0 Å². The molecule has 3 rings (SSSR count). The Labute approximate surface area is 115 Å². The lowest BCUT2D eigenvalue weighted by Crippen LogP contribution is -2.31. The summed E-state index contributed by atoms with van der Waals surface area (Å²) in [5.41, 5.74) is 0.806. The van der Waals surface area contributed by atoms with Crippen molar-refractivity contribution < 1.29 is 9.32 Å². The van der Waals surface area contributed by atoms with Crippen molar-refractivity contribution in [1.29, 1.82) is 0 Å². The lowest BCUT2D eigenvalue weighted by Gasteiger charge is -2.22. The summed E-state index contributed by atoms with van der Waals surface area (Å²) in [4.78, 5) is 18.6. The zero-order chi connectivity index (χ0) is 13.2. The summed E-state index contributed by atoms with van der Waals surface area (Å²) < 4.78 is 5.11. The number of carbonyl (C=O) groups is 1.